The lowest BCUT2D eigenvalue weighted by Gasteiger charge is -2.11. The van der Waals surface area contributed by atoms with Crippen LogP contribution < -0.4 is 11.1 Å². The molecular formula is C32H25Cl2N5O3. The summed E-state index contributed by atoms with van der Waals surface area (Å²) in [4.78, 5) is 28.0. The van der Waals surface area contributed by atoms with E-state index in [4.69, 9.17) is 27.7 Å². The molecule has 0 fully saturated rings. The van der Waals surface area contributed by atoms with Gasteiger partial charge in [0.15, 0.2) is 0 Å². The summed E-state index contributed by atoms with van der Waals surface area (Å²) in [7, 11) is 0. The third kappa shape index (κ3) is 5.18. The van der Waals surface area contributed by atoms with Crippen LogP contribution in [0.25, 0.3) is 23.5 Å². The van der Waals surface area contributed by atoms with E-state index in [2.05, 4.69) is 15.4 Å². The number of halogens is 2. The third-order valence-electron chi connectivity index (χ3n) is 7.06. The first-order chi connectivity index (χ1) is 20.3. The predicted molar refractivity (Wildman–Crippen MR) is 165 cm³/mol. The van der Waals surface area contributed by atoms with Gasteiger partial charge in [-0.05, 0) is 74.0 Å². The molecule has 0 amide bonds. The van der Waals surface area contributed by atoms with Crippen LogP contribution in [0.15, 0.2) is 99.0 Å². The molecule has 0 aliphatic rings. The van der Waals surface area contributed by atoms with Crippen molar-refractivity contribution in [2.24, 2.45) is 0 Å². The van der Waals surface area contributed by atoms with Crippen molar-refractivity contribution in [3.8, 4) is 11.4 Å². The van der Waals surface area contributed by atoms with Crippen molar-refractivity contribution in [2.75, 3.05) is 0 Å². The number of nitrogens with one attached hydrogen (secondary N) is 2. The topological polar surface area (TPSA) is 102 Å². The molecule has 3 heterocycles. The van der Waals surface area contributed by atoms with E-state index in [9.17, 15) is 9.59 Å². The van der Waals surface area contributed by atoms with E-state index >= 15 is 0 Å². The van der Waals surface area contributed by atoms with Crippen LogP contribution in [0, 0.1) is 13.8 Å². The van der Waals surface area contributed by atoms with Crippen molar-refractivity contribution in [2.45, 2.75) is 19.8 Å². The second kappa shape index (κ2) is 11.2. The van der Waals surface area contributed by atoms with Gasteiger partial charge in [-0.3, -0.25) is 19.8 Å². The third-order valence-corrected chi connectivity index (χ3v) is 7.56. The van der Waals surface area contributed by atoms with E-state index in [0.717, 1.165) is 5.56 Å². The maximum atomic E-state index is 14.0. The summed E-state index contributed by atoms with van der Waals surface area (Å²) < 4.78 is 8.71. The minimum atomic E-state index is -0.856. The Morgan fingerprint density at radius 3 is 1.74 bits per heavy atom. The van der Waals surface area contributed by atoms with Crippen LogP contribution >= 0.6 is 23.2 Å². The molecule has 0 atom stereocenters. The second-order valence-corrected chi connectivity index (χ2v) is 10.7. The van der Waals surface area contributed by atoms with Crippen molar-refractivity contribution in [3.05, 3.63) is 155 Å². The molecule has 6 aromatic rings. The monoisotopic (exact) mass is 597 g/mol. The van der Waals surface area contributed by atoms with Gasteiger partial charge >= 0.3 is 0 Å². The molecule has 8 nitrogen and oxygen atoms in total. The molecule has 2 N–H and O–H groups in total. The maximum Gasteiger partial charge on any atom is 0.275 e. The Kier molecular flexibility index (Phi) is 7.33. The van der Waals surface area contributed by atoms with Crippen LogP contribution in [0.2, 0.25) is 10.0 Å². The van der Waals surface area contributed by atoms with Crippen molar-refractivity contribution in [1.82, 2.24) is 24.7 Å². The molecule has 0 saturated carbocycles. The average Bonchev–Trinajstić information content (AvgIpc) is 3.66. The minimum absolute atomic E-state index is 0.323. The lowest BCUT2D eigenvalue weighted by Crippen LogP contribution is -2.25. The van der Waals surface area contributed by atoms with Crippen molar-refractivity contribution in [3.63, 3.8) is 0 Å². The number of nitrogens with zero attached hydrogens (tertiary/aromatic N) is 3. The van der Waals surface area contributed by atoms with Gasteiger partial charge in [-0.15, -0.1) is 0 Å². The number of aromatic amines is 2. The van der Waals surface area contributed by atoms with Crippen LogP contribution in [-0.4, -0.2) is 24.7 Å². The summed E-state index contributed by atoms with van der Waals surface area (Å²) in [5.41, 5.74) is 3.99. The van der Waals surface area contributed by atoms with Crippen LogP contribution in [0.5, 0.6) is 0 Å². The molecule has 3 aromatic carbocycles. The minimum Gasteiger partial charge on any atom is -0.360 e. The zero-order chi connectivity index (χ0) is 29.4. The number of hydrogen-bond donors (Lipinski definition) is 2. The van der Waals surface area contributed by atoms with Crippen molar-refractivity contribution < 1.29 is 4.52 Å². The Balaban J connectivity index is 1.52. The maximum absolute atomic E-state index is 14.0. The van der Waals surface area contributed by atoms with E-state index in [1.54, 1.807) is 68.4 Å². The fourth-order valence-corrected chi connectivity index (χ4v) is 5.29. The highest BCUT2D eigenvalue weighted by molar-refractivity contribution is 6.30. The van der Waals surface area contributed by atoms with Gasteiger partial charge in [0, 0.05) is 27.5 Å². The lowest BCUT2D eigenvalue weighted by atomic mass is 9.89. The quantitative estimate of drug-likeness (QED) is 0.209. The van der Waals surface area contributed by atoms with Gasteiger partial charge in [0.05, 0.1) is 28.4 Å². The van der Waals surface area contributed by atoms with E-state index in [1.165, 1.54) is 9.36 Å². The standard InChI is InChI=1S/C32H25Cl2N5O3/c1-19-28(31(40)38(35-19)25-14-9-22(33)10-15-25)30(27-18-24(37-42-27)13-8-21-6-4-3-5-7-21)29-20(2)36-39(32(29)41)26-16-11-23(34)12-17-26/h3-18,30,35-36H,1-2H3/b13-8+. The molecule has 42 heavy (non-hydrogen) atoms. The number of aromatic nitrogens is 5. The summed E-state index contributed by atoms with van der Waals surface area (Å²) in [5.74, 6) is -0.501. The lowest BCUT2D eigenvalue weighted by molar-refractivity contribution is 0.378. The molecule has 3 aromatic heterocycles. The van der Waals surface area contributed by atoms with Gasteiger partial charge in [0.25, 0.3) is 11.1 Å². The van der Waals surface area contributed by atoms with Crippen LogP contribution in [-0.2, 0) is 0 Å². The average molecular weight is 598 g/mol. The number of rotatable bonds is 7. The van der Waals surface area contributed by atoms with Gasteiger partial charge in [-0.2, -0.15) is 0 Å². The van der Waals surface area contributed by atoms with Crippen molar-refractivity contribution >= 4 is 35.4 Å². The van der Waals surface area contributed by atoms with Gasteiger partial charge in [0.1, 0.15) is 11.5 Å². The zero-order valence-corrected chi connectivity index (χ0v) is 24.1. The molecular weight excluding hydrogens is 573 g/mol. The summed E-state index contributed by atoms with van der Waals surface area (Å²) in [6.45, 7) is 3.59. The summed E-state index contributed by atoms with van der Waals surface area (Å²) in [5, 5.41) is 11.7. The van der Waals surface area contributed by atoms with Crippen LogP contribution in [0.1, 0.15) is 45.5 Å². The molecule has 210 valence electrons. The first kappa shape index (κ1) is 27.4. The highest BCUT2D eigenvalue weighted by Crippen LogP contribution is 2.33. The Bertz CT molecular complexity index is 1910. The zero-order valence-electron chi connectivity index (χ0n) is 22.6. The van der Waals surface area contributed by atoms with Crippen molar-refractivity contribution in [1.29, 1.82) is 0 Å². The van der Waals surface area contributed by atoms with Gasteiger partial charge < -0.3 is 4.52 Å². The van der Waals surface area contributed by atoms with Gasteiger partial charge in [-0.25, -0.2) is 9.36 Å². The molecule has 0 radical (unpaired) electrons. The number of H-pyrrole nitrogens is 2. The first-order valence-electron chi connectivity index (χ1n) is 13.1. The SMILES string of the molecule is Cc1[nH]n(-c2ccc(Cl)cc2)c(=O)c1C(c1cc(/C=C/c2ccccc2)no1)c1c(C)[nH]n(-c2ccc(Cl)cc2)c1=O. The molecule has 10 heteroatoms. The number of aryl methyl sites for hydroxylation is 2. The predicted octanol–water partition coefficient (Wildman–Crippen LogP) is 6.91. The molecule has 0 unspecified atom stereocenters. The van der Waals surface area contributed by atoms with Gasteiger partial charge in [-0.1, -0.05) is 64.8 Å². The Morgan fingerprint density at radius 1 is 0.738 bits per heavy atom. The normalized spacial score (nSPS) is 11.6. The fourth-order valence-electron chi connectivity index (χ4n) is 5.04. The summed E-state index contributed by atoms with van der Waals surface area (Å²) in [6.07, 6.45) is 3.74. The molecule has 0 saturated heterocycles. The highest BCUT2D eigenvalue weighted by atomic mass is 35.5. The van der Waals surface area contributed by atoms with Crippen LogP contribution in [0.3, 0.4) is 0 Å². The molecule has 0 bridgehead atoms. The second-order valence-electron chi connectivity index (χ2n) is 9.87. The summed E-state index contributed by atoms with van der Waals surface area (Å²) >= 11 is 12.2. The van der Waals surface area contributed by atoms with E-state index in [1.807, 2.05) is 42.5 Å². The Labute approximate surface area is 250 Å². The highest BCUT2D eigenvalue weighted by Gasteiger charge is 2.33. The summed E-state index contributed by atoms with van der Waals surface area (Å²) in [6, 6.07) is 25.4. The molecule has 0 aliphatic heterocycles. The van der Waals surface area contributed by atoms with Gasteiger partial charge in [0.2, 0.25) is 0 Å². The van der Waals surface area contributed by atoms with E-state index < -0.39 is 5.92 Å². The van der Waals surface area contributed by atoms with E-state index in [0.29, 0.717) is 55.4 Å². The largest absolute Gasteiger partial charge is 0.360 e. The fraction of sp³-hybridized carbons (Fsp3) is 0.0938. The molecule has 6 rings (SSSR count). The molecule has 0 aliphatic carbocycles. The molecule has 0 spiro atoms. The van der Waals surface area contributed by atoms with E-state index in [-0.39, 0.29) is 11.1 Å². The van der Waals surface area contributed by atoms with Crippen LogP contribution in [0.4, 0.5) is 0 Å². The Hall–Kier alpha value is -4.79. The smallest absolute Gasteiger partial charge is 0.275 e. The number of benzene rings is 3. The number of hydrogen-bond acceptors (Lipinski definition) is 4. The first-order valence-corrected chi connectivity index (χ1v) is 13.9. The Morgan fingerprint density at radius 2 is 1.24 bits per heavy atom.